The van der Waals surface area contributed by atoms with E-state index in [2.05, 4.69) is 16.9 Å². The minimum Gasteiger partial charge on any atom is -0.419 e. The Hall–Kier alpha value is -2.93. The van der Waals surface area contributed by atoms with E-state index in [1.807, 2.05) is 25.1 Å². The van der Waals surface area contributed by atoms with E-state index in [0.29, 0.717) is 12.1 Å². The van der Waals surface area contributed by atoms with E-state index in [4.69, 9.17) is 4.42 Å². The Balaban J connectivity index is 2.14. The van der Waals surface area contributed by atoms with Gasteiger partial charge in [0.05, 0.1) is 4.90 Å². The Bertz CT molecular complexity index is 1040. The van der Waals surface area contributed by atoms with Crippen molar-refractivity contribution in [2.24, 2.45) is 0 Å². The molecule has 0 bridgehead atoms. The lowest BCUT2D eigenvalue weighted by atomic mass is 10.1. The summed E-state index contributed by atoms with van der Waals surface area (Å²) in [5.41, 5.74) is 1.59. The van der Waals surface area contributed by atoms with Crippen molar-refractivity contribution in [2.75, 3.05) is 11.9 Å². The van der Waals surface area contributed by atoms with Crippen LogP contribution in [0.25, 0.3) is 11.5 Å². The highest BCUT2D eigenvalue weighted by atomic mass is 32.2. The summed E-state index contributed by atoms with van der Waals surface area (Å²) >= 11 is 0. The van der Waals surface area contributed by atoms with Gasteiger partial charge in [-0.1, -0.05) is 24.3 Å². The van der Waals surface area contributed by atoms with Crippen molar-refractivity contribution < 1.29 is 17.2 Å². The van der Waals surface area contributed by atoms with Crippen LogP contribution in [0.1, 0.15) is 5.56 Å². The second kappa shape index (κ2) is 7.13. The van der Waals surface area contributed by atoms with Crippen LogP contribution in [0.4, 0.5) is 10.3 Å². The summed E-state index contributed by atoms with van der Waals surface area (Å²) in [6, 6.07) is 11.9. The monoisotopic (exact) mass is 372 g/mol. The second-order valence-electron chi connectivity index (χ2n) is 5.60. The molecule has 0 spiro atoms. The fourth-order valence-corrected chi connectivity index (χ4v) is 3.70. The Morgan fingerprint density at radius 1 is 1.19 bits per heavy atom. The van der Waals surface area contributed by atoms with Crippen LogP contribution in [-0.4, -0.2) is 19.9 Å². The van der Waals surface area contributed by atoms with Crippen molar-refractivity contribution in [2.45, 2.75) is 16.8 Å². The molecule has 0 aliphatic heterocycles. The van der Waals surface area contributed by atoms with Crippen molar-refractivity contribution in [3.05, 3.63) is 72.6 Å². The summed E-state index contributed by atoms with van der Waals surface area (Å²) in [6.07, 6.45) is 1.57. The zero-order valence-corrected chi connectivity index (χ0v) is 14.9. The summed E-state index contributed by atoms with van der Waals surface area (Å²) in [6.45, 7) is 5.78. The molecule has 0 saturated heterocycles. The van der Waals surface area contributed by atoms with Crippen LogP contribution in [0.5, 0.6) is 0 Å². The van der Waals surface area contributed by atoms with Gasteiger partial charge in [-0.25, -0.2) is 12.8 Å². The molecule has 134 valence electrons. The minimum absolute atomic E-state index is 0.0208. The first-order chi connectivity index (χ1) is 12.4. The molecule has 1 aromatic heterocycles. The average molecular weight is 372 g/mol. The number of benzene rings is 2. The maximum atomic E-state index is 13.1. The molecule has 0 atom stereocenters. The summed E-state index contributed by atoms with van der Waals surface area (Å²) in [4.78, 5) is 4.15. The molecule has 0 aliphatic carbocycles. The number of anilines is 1. The molecule has 0 unspecified atom stereocenters. The summed E-state index contributed by atoms with van der Waals surface area (Å²) in [7, 11) is -3.99. The molecule has 0 aliphatic rings. The molecule has 7 heteroatoms. The number of sulfone groups is 1. The van der Waals surface area contributed by atoms with Crippen molar-refractivity contribution in [1.29, 1.82) is 0 Å². The lowest BCUT2D eigenvalue weighted by molar-refractivity contribution is 0.578. The first-order valence-electron chi connectivity index (χ1n) is 7.85. The topological polar surface area (TPSA) is 72.2 Å². The van der Waals surface area contributed by atoms with Crippen LogP contribution < -0.4 is 5.32 Å². The normalized spacial score (nSPS) is 11.3. The number of aromatic nitrogens is 1. The lowest BCUT2D eigenvalue weighted by Gasteiger charge is -2.04. The van der Waals surface area contributed by atoms with Crippen LogP contribution in [0.15, 0.2) is 75.5 Å². The molecule has 1 heterocycles. The molecule has 3 aromatic rings. The van der Waals surface area contributed by atoms with Crippen LogP contribution in [0.3, 0.4) is 0 Å². The highest BCUT2D eigenvalue weighted by Gasteiger charge is 2.28. The Morgan fingerprint density at radius 3 is 2.54 bits per heavy atom. The number of hydrogen-bond donors (Lipinski definition) is 1. The van der Waals surface area contributed by atoms with Crippen molar-refractivity contribution in [1.82, 2.24) is 4.98 Å². The van der Waals surface area contributed by atoms with Crippen molar-refractivity contribution in [3.8, 4) is 11.5 Å². The van der Waals surface area contributed by atoms with E-state index in [-0.39, 0.29) is 21.7 Å². The maximum Gasteiger partial charge on any atom is 0.234 e. The van der Waals surface area contributed by atoms with Crippen LogP contribution in [0.2, 0.25) is 0 Å². The van der Waals surface area contributed by atoms with E-state index in [1.54, 1.807) is 12.1 Å². The van der Waals surface area contributed by atoms with Crippen LogP contribution >= 0.6 is 0 Å². The van der Waals surface area contributed by atoms with Crippen molar-refractivity contribution >= 4 is 15.7 Å². The molecule has 0 radical (unpaired) electrons. The van der Waals surface area contributed by atoms with E-state index in [1.165, 1.54) is 12.1 Å². The number of oxazole rings is 1. The molecule has 26 heavy (non-hydrogen) atoms. The van der Waals surface area contributed by atoms with Crippen LogP contribution in [0, 0.1) is 12.7 Å². The van der Waals surface area contributed by atoms with Gasteiger partial charge >= 0.3 is 0 Å². The number of hydrogen-bond acceptors (Lipinski definition) is 5. The highest BCUT2D eigenvalue weighted by molar-refractivity contribution is 7.91. The molecule has 0 saturated carbocycles. The van der Waals surface area contributed by atoms with E-state index < -0.39 is 15.7 Å². The van der Waals surface area contributed by atoms with Gasteiger partial charge < -0.3 is 9.73 Å². The summed E-state index contributed by atoms with van der Waals surface area (Å²) in [5, 5.41) is 2.61. The largest absolute Gasteiger partial charge is 0.419 e. The SMILES string of the molecule is C=CCNc1oc(-c2ccccc2C)nc1S(=O)(=O)c1ccc(F)cc1. The van der Waals surface area contributed by atoms with E-state index in [9.17, 15) is 12.8 Å². The predicted molar refractivity (Wildman–Crippen MR) is 97.2 cm³/mol. The number of halogens is 1. The zero-order chi connectivity index (χ0) is 18.7. The molecule has 2 aromatic carbocycles. The molecule has 5 nitrogen and oxygen atoms in total. The molecular formula is C19H17FN2O3S. The molecule has 0 amide bonds. The summed E-state index contributed by atoms with van der Waals surface area (Å²) < 4.78 is 44.7. The third-order valence-electron chi connectivity index (χ3n) is 3.76. The smallest absolute Gasteiger partial charge is 0.234 e. The third-order valence-corrected chi connectivity index (χ3v) is 5.44. The van der Waals surface area contributed by atoms with Gasteiger partial charge in [0.2, 0.25) is 26.6 Å². The van der Waals surface area contributed by atoms with E-state index in [0.717, 1.165) is 17.7 Å². The maximum absolute atomic E-state index is 13.1. The predicted octanol–water partition coefficient (Wildman–Crippen LogP) is 4.22. The quantitative estimate of drug-likeness (QED) is 0.518. The standard InChI is InChI=1S/C19H17FN2O3S/c1-3-12-21-18-19(26(23,24)15-10-8-14(20)9-11-15)22-17(25-18)16-7-5-4-6-13(16)2/h3-11,21H,1,12H2,2H3. The van der Waals surface area contributed by atoms with Gasteiger partial charge in [-0.15, -0.1) is 6.58 Å². The first kappa shape index (κ1) is 17.9. The molecule has 1 N–H and O–H groups in total. The summed E-state index contributed by atoms with van der Waals surface area (Å²) in [5.74, 6) is -0.308. The van der Waals surface area contributed by atoms with Gasteiger partial charge in [-0.05, 0) is 42.8 Å². The Labute approximate surface area is 151 Å². The van der Waals surface area contributed by atoms with Crippen molar-refractivity contribution in [3.63, 3.8) is 0 Å². The molecular weight excluding hydrogens is 355 g/mol. The lowest BCUT2D eigenvalue weighted by Crippen LogP contribution is -2.07. The van der Waals surface area contributed by atoms with Gasteiger partial charge in [-0.2, -0.15) is 4.98 Å². The van der Waals surface area contributed by atoms with Gasteiger partial charge in [0.15, 0.2) is 0 Å². The third kappa shape index (κ3) is 3.39. The van der Waals surface area contributed by atoms with Gasteiger partial charge in [-0.3, -0.25) is 0 Å². The number of nitrogens with zero attached hydrogens (tertiary/aromatic N) is 1. The number of nitrogens with one attached hydrogen (secondary N) is 1. The fraction of sp³-hybridized carbons (Fsp3) is 0.105. The Morgan fingerprint density at radius 2 is 1.88 bits per heavy atom. The first-order valence-corrected chi connectivity index (χ1v) is 9.34. The number of aryl methyl sites for hydroxylation is 1. The molecule has 3 rings (SSSR count). The second-order valence-corrected chi connectivity index (χ2v) is 7.46. The van der Waals surface area contributed by atoms with Crippen LogP contribution in [-0.2, 0) is 9.84 Å². The Kier molecular flexibility index (Phi) is 4.90. The molecule has 0 fully saturated rings. The van der Waals surface area contributed by atoms with Gasteiger partial charge in [0.1, 0.15) is 5.82 Å². The van der Waals surface area contributed by atoms with Gasteiger partial charge in [0, 0.05) is 12.1 Å². The fourth-order valence-electron chi connectivity index (χ4n) is 2.42. The van der Waals surface area contributed by atoms with E-state index >= 15 is 0 Å². The zero-order valence-electron chi connectivity index (χ0n) is 14.1. The highest BCUT2D eigenvalue weighted by Crippen LogP contribution is 2.33. The average Bonchev–Trinajstić information content (AvgIpc) is 3.05. The minimum atomic E-state index is -3.99. The number of rotatable bonds is 6. The van der Waals surface area contributed by atoms with Gasteiger partial charge in [0.25, 0.3) is 0 Å².